The molecule has 0 spiro atoms. The first kappa shape index (κ1) is 14.0. The first-order valence-electron chi connectivity index (χ1n) is 7.82. The van der Waals surface area contributed by atoms with Gasteiger partial charge in [0.25, 0.3) is 0 Å². The van der Waals surface area contributed by atoms with Gasteiger partial charge in [-0.3, -0.25) is 4.79 Å². The van der Waals surface area contributed by atoms with Gasteiger partial charge in [0.15, 0.2) is 5.65 Å². The van der Waals surface area contributed by atoms with Crippen LogP contribution in [0.2, 0.25) is 0 Å². The zero-order valence-electron chi connectivity index (χ0n) is 12.5. The van der Waals surface area contributed by atoms with Gasteiger partial charge < -0.3 is 9.88 Å². The molecule has 1 N–H and O–H groups in total. The van der Waals surface area contributed by atoms with E-state index in [1.807, 2.05) is 0 Å². The van der Waals surface area contributed by atoms with E-state index in [0.29, 0.717) is 29.4 Å². The maximum Gasteiger partial charge on any atom is 0.233 e. The number of aromatic nitrogens is 4. The average Bonchev–Trinajstić information content (AvgIpc) is 3.43. The molecule has 0 saturated heterocycles. The molecular formula is C15H19N5OS. The molecule has 2 aromatic heterocycles. The van der Waals surface area contributed by atoms with Gasteiger partial charge in [0.05, 0.1) is 12.1 Å². The molecule has 2 aromatic rings. The number of fused-ring (bicyclic) bond motifs is 1. The van der Waals surface area contributed by atoms with Gasteiger partial charge in [0.2, 0.25) is 5.91 Å². The van der Waals surface area contributed by atoms with Crippen LogP contribution in [0.25, 0.3) is 11.2 Å². The summed E-state index contributed by atoms with van der Waals surface area (Å²) in [7, 11) is 0. The second-order valence-corrected chi connectivity index (χ2v) is 7.14. The van der Waals surface area contributed by atoms with Crippen molar-refractivity contribution in [3.63, 3.8) is 0 Å². The van der Waals surface area contributed by atoms with E-state index in [2.05, 4.69) is 31.8 Å². The Labute approximate surface area is 133 Å². The van der Waals surface area contributed by atoms with Crippen molar-refractivity contribution in [3.8, 4) is 0 Å². The van der Waals surface area contributed by atoms with Crippen LogP contribution in [0.5, 0.6) is 0 Å². The average molecular weight is 317 g/mol. The van der Waals surface area contributed by atoms with Crippen molar-refractivity contribution in [1.82, 2.24) is 24.8 Å². The predicted molar refractivity (Wildman–Crippen MR) is 84.5 cm³/mol. The highest BCUT2D eigenvalue weighted by molar-refractivity contribution is 8.00. The third kappa shape index (κ3) is 2.69. The summed E-state index contributed by atoms with van der Waals surface area (Å²) in [5.74, 6) is 1.38. The molecule has 2 aliphatic carbocycles. The number of imidazole rings is 1. The monoisotopic (exact) mass is 317 g/mol. The third-order valence-electron chi connectivity index (χ3n) is 4.49. The molecule has 4 rings (SSSR count). The maximum absolute atomic E-state index is 12.7. The molecule has 1 amide bonds. The lowest BCUT2D eigenvalue weighted by Crippen LogP contribution is -2.42. The Balaban J connectivity index is 1.45. The highest BCUT2D eigenvalue weighted by Gasteiger charge is 2.41. The van der Waals surface area contributed by atoms with Crippen LogP contribution in [0, 0.1) is 5.92 Å². The van der Waals surface area contributed by atoms with Gasteiger partial charge in [0.1, 0.15) is 16.9 Å². The lowest BCUT2D eigenvalue weighted by atomic mass is 10.2. The smallest absolute Gasteiger partial charge is 0.233 e. The second-order valence-electron chi connectivity index (χ2n) is 6.18. The standard InChI is InChI=1S/C15H19N5OS/c1-9(10-2-3-10)20(11-4-5-11)12(21)6-22-15-13-14(17-7-16-13)18-8-19-15/h7-11H,2-6H2,1H3,(H,16,17,18,19)/t9-/m0/s1. The molecule has 2 fully saturated rings. The SMILES string of the molecule is C[C@@H](C1CC1)N(C(=O)CSc1ncnc2nc[nH]c12)C1CC1. The molecule has 0 bridgehead atoms. The molecule has 2 heterocycles. The number of hydrogen-bond acceptors (Lipinski definition) is 5. The topological polar surface area (TPSA) is 74.8 Å². The second kappa shape index (κ2) is 5.53. The number of aromatic amines is 1. The van der Waals surface area contributed by atoms with Crippen molar-refractivity contribution < 1.29 is 4.79 Å². The van der Waals surface area contributed by atoms with E-state index in [1.54, 1.807) is 6.33 Å². The van der Waals surface area contributed by atoms with Crippen LogP contribution in [-0.4, -0.2) is 48.6 Å². The molecule has 7 heteroatoms. The summed E-state index contributed by atoms with van der Waals surface area (Å²) in [6, 6.07) is 0.861. The number of H-pyrrole nitrogens is 1. The van der Waals surface area contributed by atoms with E-state index in [0.717, 1.165) is 23.4 Å². The highest BCUT2D eigenvalue weighted by atomic mass is 32.2. The van der Waals surface area contributed by atoms with Gasteiger partial charge in [-0.1, -0.05) is 11.8 Å². The minimum absolute atomic E-state index is 0.234. The molecule has 0 unspecified atom stereocenters. The quantitative estimate of drug-likeness (QED) is 0.653. The molecule has 116 valence electrons. The molecule has 0 aliphatic heterocycles. The summed E-state index contributed by atoms with van der Waals surface area (Å²) in [5, 5.41) is 0.797. The van der Waals surface area contributed by atoms with E-state index in [1.165, 1.54) is 30.9 Å². The first-order chi connectivity index (χ1) is 10.7. The van der Waals surface area contributed by atoms with E-state index in [9.17, 15) is 4.79 Å². The summed E-state index contributed by atoms with van der Waals surface area (Å²) < 4.78 is 0. The molecule has 22 heavy (non-hydrogen) atoms. The summed E-state index contributed by atoms with van der Waals surface area (Å²) >= 11 is 1.47. The summed E-state index contributed by atoms with van der Waals surface area (Å²) in [6.45, 7) is 2.20. The van der Waals surface area contributed by atoms with Crippen LogP contribution >= 0.6 is 11.8 Å². The van der Waals surface area contributed by atoms with Crippen LogP contribution in [0.4, 0.5) is 0 Å². The number of amides is 1. The van der Waals surface area contributed by atoms with Crippen molar-refractivity contribution in [2.24, 2.45) is 5.92 Å². The minimum atomic E-state index is 0.234. The molecular weight excluding hydrogens is 298 g/mol. The Morgan fingerprint density at radius 3 is 2.91 bits per heavy atom. The van der Waals surface area contributed by atoms with Crippen molar-refractivity contribution in [2.75, 3.05) is 5.75 Å². The number of carbonyl (C=O) groups excluding carboxylic acids is 1. The molecule has 1 atom stereocenters. The Morgan fingerprint density at radius 2 is 2.18 bits per heavy atom. The van der Waals surface area contributed by atoms with Crippen molar-refractivity contribution in [2.45, 2.75) is 49.7 Å². The van der Waals surface area contributed by atoms with E-state index < -0.39 is 0 Å². The van der Waals surface area contributed by atoms with E-state index in [-0.39, 0.29) is 5.91 Å². The maximum atomic E-state index is 12.7. The normalized spacial score (nSPS) is 19.3. The predicted octanol–water partition coefficient (Wildman–Crippen LogP) is 2.23. The van der Waals surface area contributed by atoms with Gasteiger partial charge in [-0.2, -0.15) is 0 Å². The first-order valence-corrected chi connectivity index (χ1v) is 8.80. The van der Waals surface area contributed by atoms with Crippen molar-refractivity contribution in [1.29, 1.82) is 0 Å². The summed E-state index contributed by atoms with van der Waals surface area (Å²) in [4.78, 5) is 30.4. The number of carbonyl (C=O) groups is 1. The minimum Gasteiger partial charge on any atom is -0.341 e. The number of nitrogens with zero attached hydrogens (tertiary/aromatic N) is 4. The summed E-state index contributed by atoms with van der Waals surface area (Å²) in [5.41, 5.74) is 1.46. The third-order valence-corrected chi connectivity index (χ3v) is 5.47. The van der Waals surface area contributed by atoms with E-state index >= 15 is 0 Å². The fourth-order valence-electron chi connectivity index (χ4n) is 2.98. The fraction of sp³-hybridized carbons (Fsp3) is 0.600. The molecule has 0 aromatic carbocycles. The van der Waals surface area contributed by atoms with Gasteiger partial charge >= 0.3 is 0 Å². The van der Waals surface area contributed by atoms with Crippen LogP contribution in [0.15, 0.2) is 17.7 Å². The highest BCUT2D eigenvalue weighted by Crippen LogP contribution is 2.40. The van der Waals surface area contributed by atoms with Gasteiger partial charge in [0, 0.05) is 12.1 Å². The molecule has 6 nitrogen and oxygen atoms in total. The summed E-state index contributed by atoms with van der Waals surface area (Å²) in [6.07, 6.45) is 7.97. The number of nitrogens with one attached hydrogen (secondary N) is 1. The molecule has 0 radical (unpaired) electrons. The molecule has 2 saturated carbocycles. The Hall–Kier alpha value is -1.63. The Kier molecular flexibility index (Phi) is 3.52. The zero-order chi connectivity index (χ0) is 15.1. The van der Waals surface area contributed by atoms with Gasteiger partial charge in [-0.05, 0) is 38.5 Å². The zero-order valence-corrected chi connectivity index (χ0v) is 13.3. The van der Waals surface area contributed by atoms with Crippen LogP contribution < -0.4 is 0 Å². The van der Waals surface area contributed by atoms with E-state index in [4.69, 9.17) is 0 Å². The lowest BCUT2D eigenvalue weighted by Gasteiger charge is -2.29. The van der Waals surface area contributed by atoms with Crippen LogP contribution in [0.3, 0.4) is 0 Å². The molecule has 2 aliphatic rings. The Bertz CT molecular complexity index is 694. The largest absolute Gasteiger partial charge is 0.341 e. The van der Waals surface area contributed by atoms with Gasteiger partial charge in [-0.25, -0.2) is 15.0 Å². The van der Waals surface area contributed by atoms with Crippen molar-refractivity contribution in [3.05, 3.63) is 12.7 Å². The van der Waals surface area contributed by atoms with Crippen LogP contribution in [0.1, 0.15) is 32.6 Å². The number of rotatable bonds is 6. The van der Waals surface area contributed by atoms with Crippen LogP contribution in [-0.2, 0) is 4.79 Å². The Morgan fingerprint density at radius 1 is 1.36 bits per heavy atom. The van der Waals surface area contributed by atoms with Gasteiger partial charge in [-0.15, -0.1) is 0 Å². The number of thioether (sulfide) groups is 1. The fourth-order valence-corrected chi connectivity index (χ4v) is 3.80. The van der Waals surface area contributed by atoms with Crippen molar-refractivity contribution >= 4 is 28.8 Å². The lowest BCUT2D eigenvalue weighted by molar-refractivity contribution is -0.131. The number of hydrogen-bond donors (Lipinski definition) is 1.